The third kappa shape index (κ3) is 4.54. The molecule has 0 aromatic heterocycles. The average molecular weight is 344 g/mol. The minimum atomic E-state index is -0.497. The topological polar surface area (TPSA) is 90.7 Å². The molecule has 1 N–H and O–H groups in total. The second kappa shape index (κ2) is 8.25. The summed E-state index contributed by atoms with van der Waals surface area (Å²) in [5, 5.41) is 13.6. The lowest BCUT2D eigenvalue weighted by Crippen LogP contribution is -2.13. The number of carbonyl (C=O) groups excluding carboxylic acids is 1. The fourth-order valence-corrected chi connectivity index (χ4v) is 2.34. The van der Waals surface area contributed by atoms with Crippen LogP contribution in [0.5, 0.6) is 5.75 Å². The van der Waals surface area contributed by atoms with Crippen molar-refractivity contribution < 1.29 is 19.2 Å². The van der Waals surface area contributed by atoms with Gasteiger partial charge >= 0.3 is 0 Å². The van der Waals surface area contributed by atoms with Crippen molar-refractivity contribution in [1.82, 2.24) is 0 Å². The van der Waals surface area contributed by atoms with Gasteiger partial charge in [0.25, 0.3) is 11.6 Å². The lowest BCUT2D eigenvalue weighted by atomic mass is 10.1. The Morgan fingerprint density at radius 2 is 2.00 bits per heavy atom. The van der Waals surface area contributed by atoms with Gasteiger partial charge < -0.3 is 14.8 Å². The number of nitro benzene ring substituents is 1. The van der Waals surface area contributed by atoms with Gasteiger partial charge in [0.15, 0.2) is 0 Å². The third-order valence-corrected chi connectivity index (χ3v) is 3.60. The van der Waals surface area contributed by atoms with E-state index < -0.39 is 4.92 Å². The first-order chi connectivity index (χ1) is 12.0. The van der Waals surface area contributed by atoms with Crippen LogP contribution in [0.4, 0.5) is 11.4 Å². The lowest BCUT2D eigenvalue weighted by Gasteiger charge is -2.12. The Kier molecular flexibility index (Phi) is 6.08. The van der Waals surface area contributed by atoms with Crippen LogP contribution >= 0.6 is 0 Å². The summed E-state index contributed by atoms with van der Waals surface area (Å²) < 4.78 is 10.7. The van der Waals surface area contributed by atoms with E-state index in [1.807, 2.05) is 6.92 Å². The molecule has 7 nitrogen and oxygen atoms in total. The largest absolute Gasteiger partial charge is 0.494 e. The quantitative estimate of drug-likeness (QED) is 0.611. The van der Waals surface area contributed by atoms with Crippen LogP contribution in [0.25, 0.3) is 0 Å². The molecule has 2 rings (SSSR count). The highest BCUT2D eigenvalue weighted by molar-refractivity contribution is 6.05. The molecule has 132 valence electrons. The molecule has 0 aliphatic carbocycles. The van der Waals surface area contributed by atoms with Crippen molar-refractivity contribution in [3.05, 3.63) is 63.2 Å². The Labute approximate surface area is 145 Å². The summed E-state index contributed by atoms with van der Waals surface area (Å²) in [7, 11) is 1.56. The highest BCUT2D eigenvalue weighted by Gasteiger charge is 2.14. The van der Waals surface area contributed by atoms with E-state index in [9.17, 15) is 14.9 Å². The third-order valence-electron chi connectivity index (χ3n) is 3.60. The number of anilines is 1. The van der Waals surface area contributed by atoms with Crippen molar-refractivity contribution in [3.8, 4) is 5.75 Å². The molecule has 0 saturated carbocycles. The molecule has 7 heteroatoms. The lowest BCUT2D eigenvalue weighted by molar-refractivity contribution is -0.384. The minimum absolute atomic E-state index is 0.0762. The van der Waals surface area contributed by atoms with E-state index in [0.717, 1.165) is 11.1 Å². The summed E-state index contributed by atoms with van der Waals surface area (Å²) in [6.45, 7) is 4.47. The summed E-state index contributed by atoms with van der Waals surface area (Å²) in [6, 6.07) is 9.40. The van der Waals surface area contributed by atoms with Crippen LogP contribution in [0, 0.1) is 17.0 Å². The molecule has 0 aliphatic heterocycles. The number of amides is 1. The zero-order valence-corrected chi connectivity index (χ0v) is 14.4. The second-order valence-corrected chi connectivity index (χ2v) is 5.40. The number of nitro groups is 1. The average Bonchev–Trinajstić information content (AvgIpc) is 2.58. The van der Waals surface area contributed by atoms with Gasteiger partial charge in [-0.15, -0.1) is 0 Å². The molecule has 0 saturated heterocycles. The standard InChI is InChI=1S/C18H20N2O5/c1-4-25-17-8-6-13(9-14(17)11-24-3)18(21)19-16-10-15(20(22)23)7-5-12(16)2/h5-10H,4,11H2,1-3H3,(H,19,21). The molecule has 0 bridgehead atoms. The van der Waals surface area contributed by atoms with Gasteiger partial charge in [-0.3, -0.25) is 14.9 Å². The predicted molar refractivity (Wildman–Crippen MR) is 94.1 cm³/mol. The molecule has 0 spiro atoms. The number of benzene rings is 2. The van der Waals surface area contributed by atoms with Crippen LogP contribution in [0.2, 0.25) is 0 Å². The van der Waals surface area contributed by atoms with Crippen LogP contribution in [0.1, 0.15) is 28.4 Å². The SMILES string of the molecule is CCOc1ccc(C(=O)Nc2cc([N+](=O)[O-])ccc2C)cc1COC. The molecule has 0 fully saturated rings. The maximum absolute atomic E-state index is 12.5. The smallest absolute Gasteiger partial charge is 0.271 e. The molecule has 0 unspecified atom stereocenters. The highest BCUT2D eigenvalue weighted by atomic mass is 16.6. The van der Waals surface area contributed by atoms with Gasteiger partial charge in [0.1, 0.15) is 5.75 Å². The zero-order chi connectivity index (χ0) is 18.4. The molecule has 2 aromatic rings. The first kappa shape index (κ1) is 18.4. The van der Waals surface area contributed by atoms with Crippen molar-refractivity contribution in [2.45, 2.75) is 20.5 Å². The van der Waals surface area contributed by atoms with Crippen LogP contribution in [0.3, 0.4) is 0 Å². The highest BCUT2D eigenvalue weighted by Crippen LogP contribution is 2.24. The molecule has 1 amide bonds. The number of carbonyl (C=O) groups is 1. The molecule has 0 aliphatic rings. The van der Waals surface area contributed by atoms with E-state index in [1.54, 1.807) is 38.3 Å². The normalized spacial score (nSPS) is 10.4. The van der Waals surface area contributed by atoms with Crippen molar-refractivity contribution >= 4 is 17.3 Å². The molecule has 25 heavy (non-hydrogen) atoms. The predicted octanol–water partition coefficient (Wildman–Crippen LogP) is 3.70. The first-order valence-electron chi connectivity index (χ1n) is 7.77. The number of hydrogen-bond acceptors (Lipinski definition) is 5. The van der Waals surface area contributed by atoms with E-state index >= 15 is 0 Å². The number of aryl methyl sites for hydroxylation is 1. The van der Waals surface area contributed by atoms with Crippen LogP contribution in [-0.2, 0) is 11.3 Å². The minimum Gasteiger partial charge on any atom is -0.494 e. The maximum atomic E-state index is 12.5. The van der Waals surface area contributed by atoms with Crippen molar-refractivity contribution in [2.75, 3.05) is 19.0 Å². The van der Waals surface area contributed by atoms with Crippen molar-refractivity contribution in [3.63, 3.8) is 0 Å². The van der Waals surface area contributed by atoms with Gasteiger partial charge in [0, 0.05) is 30.4 Å². The number of nitrogens with zero attached hydrogens (tertiary/aromatic N) is 1. The summed E-state index contributed by atoms with van der Waals surface area (Å²) in [4.78, 5) is 22.9. The van der Waals surface area contributed by atoms with Gasteiger partial charge in [-0.25, -0.2) is 0 Å². The molecule has 0 radical (unpaired) electrons. The Morgan fingerprint density at radius 3 is 2.64 bits per heavy atom. The summed E-state index contributed by atoms with van der Waals surface area (Å²) >= 11 is 0. The molecule has 0 atom stereocenters. The van der Waals surface area contributed by atoms with E-state index in [0.29, 0.717) is 30.2 Å². The Hall–Kier alpha value is -2.93. The van der Waals surface area contributed by atoms with Crippen LogP contribution in [0.15, 0.2) is 36.4 Å². The maximum Gasteiger partial charge on any atom is 0.271 e. The second-order valence-electron chi connectivity index (χ2n) is 5.40. The van der Waals surface area contributed by atoms with Crippen molar-refractivity contribution in [1.29, 1.82) is 0 Å². The summed E-state index contributed by atoms with van der Waals surface area (Å²) in [5.74, 6) is 0.302. The van der Waals surface area contributed by atoms with Gasteiger partial charge in [0.2, 0.25) is 0 Å². The molecule has 0 heterocycles. The van der Waals surface area contributed by atoms with Crippen LogP contribution < -0.4 is 10.1 Å². The number of non-ortho nitro benzene ring substituents is 1. The first-order valence-corrected chi connectivity index (χ1v) is 7.77. The van der Waals surface area contributed by atoms with Gasteiger partial charge in [-0.2, -0.15) is 0 Å². The molecular formula is C18H20N2O5. The Balaban J connectivity index is 2.27. The van der Waals surface area contributed by atoms with Gasteiger partial charge in [-0.05, 0) is 37.6 Å². The van der Waals surface area contributed by atoms with E-state index in [2.05, 4.69) is 5.32 Å². The number of ether oxygens (including phenoxy) is 2. The summed E-state index contributed by atoms with van der Waals surface area (Å²) in [6.07, 6.45) is 0. The number of hydrogen-bond donors (Lipinski definition) is 1. The molecular weight excluding hydrogens is 324 g/mol. The van der Waals surface area contributed by atoms with E-state index in [4.69, 9.17) is 9.47 Å². The number of rotatable bonds is 7. The molecule has 2 aromatic carbocycles. The van der Waals surface area contributed by atoms with Crippen LogP contribution in [-0.4, -0.2) is 24.5 Å². The fourth-order valence-electron chi connectivity index (χ4n) is 2.34. The Bertz CT molecular complexity index is 789. The Morgan fingerprint density at radius 1 is 1.24 bits per heavy atom. The van der Waals surface area contributed by atoms with E-state index in [1.165, 1.54) is 12.1 Å². The summed E-state index contributed by atoms with van der Waals surface area (Å²) in [5.41, 5.74) is 2.24. The zero-order valence-electron chi connectivity index (χ0n) is 14.4. The number of nitrogens with one attached hydrogen (secondary N) is 1. The fraction of sp³-hybridized carbons (Fsp3) is 0.278. The van der Waals surface area contributed by atoms with Gasteiger partial charge in [-0.1, -0.05) is 6.07 Å². The van der Waals surface area contributed by atoms with E-state index in [-0.39, 0.29) is 11.6 Å². The monoisotopic (exact) mass is 344 g/mol. The van der Waals surface area contributed by atoms with Gasteiger partial charge in [0.05, 0.1) is 23.8 Å². The number of methoxy groups -OCH3 is 1. The van der Waals surface area contributed by atoms with Crippen molar-refractivity contribution in [2.24, 2.45) is 0 Å².